The van der Waals surface area contributed by atoms with Crippen molar-refractivity contribution in [3.8, 4) is 17.2 Å². The molecule has 0 radical (unpaired) electrons. The predicted molar refractivity (Wildman–Crippen MR) is 261 cm³/mol. The molecule has 5 aromatic rings. The summed E-state index contributed by atoms with van der Waals surface area (Å²) in [5.41, 5.74) is 3.84. The number of aliphatic hydroxyl groups excluding tert-OH is 2. The lowest BCUT2D eigenvalue weighted by Gasteiger charge is -2.60. The van der Waals surface area contributed by atoms with Crippen LogP contribution in [0.5, 0.6) is 17.2 Å². The minimum atomic E-state index is -1.36. The number of unbranched alkanes of at least 4 members (excludes halogenated alkanes) is 2. The van der Waals surface area contributed by atoms with E-state index in [0.29, 0.717) is 43.9 Å². The third-order valence-electron chi connectivity index (χ3n) is 14.8. The number of fused-ring (bicyclic) bond motifs is 4. The number of carbonyl (C=O) groups is 1. The maximum absolute atomic E-state index is 15.2. The highest BCUT2D eigenvalue weighted by atomic mass is 16.8. The van der Waals surface area contributed by atoms with Gasteiger partial charge in [-0.05, 0) is 126 Å². The van der Waals surface area contributed by atoms with Gasteiger partial charge in [0.05, 0.1) is 24.8 Å². The van der Waals surface area contributed by atoms with Gasteiger partial charge in [0.1, 0.15) is 23.3 Å². The van der Waals surface area contributed by atoms with Gasteiger partial charge in [-0.2, -0.15) is 0 Å². The van der Waals surface area contributed by atoms with Crippen LogP contribution in [0, 0.1) is 23.7 Å². The highest BCUT2D eigenvalue weighted by Crippen LogP contribution is 2.62. The average molecular weight is 905 g/mol. The molecule has 1 saturated heterocycles. The van der Waals surface area contributed by atoms with Gasteiger partial charge in [0.2, 0.25) is 18.0 Å². The average Bonchev–Trinajstić information content (AvgIpc) is 4.22. The fourth-order valence-electron chi connectivity index (χ4n) is 11.5. The van der Waals surface area contributed by atoms with Crippen LogP contribution in [0.1, 0.15) is 94.1 Å². The molecule has 0 spiro atoms. The Morgan fingerprint density at radius 2 is 1.60 bits per heavy atom. The molecule has 1 amide bonds. The van der Waals surface area contributed by atoms with Crippen LogP contribution in [0.15, 0.2) is 133 Å². The zero-order valence-electron chi connectivity index (χ0n) is 38.5. The number of ether oxygens (including phenoxy) is 4. The zero-order chi connectivity index (χ0) is 45.7. The van der Waals surface area contributed by atoms with Gasteiger partial charge in [0, 0.05) is 50.0 Å². The lowest BCUT2D eigenvalue weighted by molar-refractivity contribution is -0.258. The highest BCUT2D eigenvalue weighted by molar-refractivity contribution is 6.03. The van der Waals surface area contributed by atoms with Crippen LogP contribution in [0.4, 0.5) is 0 Å². The van der Waals surface area contributed by atoms with E-state index in [1.165, 1.54) is 0 Å². The molecular formula is C57H64N2O8. The van der Waals surface area contributed by atoms with E-state index in [9.17, 15) is 10.2 Å². The van der Waals surface area contributed by atoms with Gasteiger partial charge < -0.3 is 38.9 Å². The van der Waals surface area contributed by atoms with E-state index in [1.54, 1.807) is 6.08 Å². The molecule has 3 aliphatic carbocycles. The fraction of sp³-hybridized carbons (Fsp3) is 0.439. The maximum Gasteiger partial charge on any atom is 0.239 e. The quantitative estimate of drug-likeness (QED) is 0.0478. The van der Waals surface area contributed by atoms with Gasteiger partial charge in [-0.15, -0.1) is 6.58 Å². The number of hydrogen-bond donors (Lipinski definition) is 2. The zero-order valence-corrected chi connectivity index (χ0v) is 38.5. The molecule has 0 aromatic heterocycles. The molecule has 2 N–H and O–H groups in total. The number of oxime groups is 1. The molecule has 2 aliphatic heterocycles. The second kappa shape index (κ2) is 20.4. The SMILES string of the molecule is C=CCOC12Oc3ccc(Oc4ccc5ccccc5c4)cc3C3C(CCCCO)C(CCCCO)C=C(C(=NOC4CCCCO4)CC1N(Cc1cccc4ccccc14)C(=O)C1CC1)C32. The van der Waals surface area contributed by atoms with Crippen molar-refractivity contribution in [3.05, 3.63) is 139 Å². The molecule has 7 atom stereocenters. The molecule has 7 unspecified atom stereocenters. The summed E-state index contributed by atoms with van der Waals surface area (Å²) in [6, 6.07) is 34.6. The Morgan fingerprint density at radius 3 is 2.39 bits per heavy atom. The molecule has 350 valence electrons. The topological polar surface area (TPSA) is 119 Å². The number of aliphatic hydroxyl groups is 2. The van der Waals surface area contributed by atoms with Crippen molar-refractivity contribution in [2.45, 2.75) is 108 Å². The van der Waals surface area contributed by atoms with Gasteiger partial charge in [-0.25, -0.2) is 0 Å². The summed E-state index contributed by atoms with van der Waals surface area (Å²) in [4.78, 5) is 23.7. The first-order valence-corrected chi connectivity index (χ1v) is 24.8. The Kier molecular flexibility index (Phi) is 13.8. The molecule has 2 saturated carbocycles. The smallest absolute Gasteiger partial charge is 0.239 e. The standard InChI is InChI=1S/C57H64N2O8/c1-2-31-64-57-52(59(56(62)40-23-24-40)37-43-19-13-18-39-15-5-6-20-46(39)43)36-50(58-67-53-22-9-12-32-63-53)48-34-42(17-7-10-29-60)47(21-8-11-30-61)54(55(48)57)49-35-45(27-28-51(49)66-57)65-44-26-25-38-14-3-4-16-41(38)33-44/h2-6,13-16,18-20,25-28,33-35,40,42,47,52-55,60-61H,1,7-12,17,21-24,29-32,36-37H2. The van der Waals surface area contributed by atoms with Crippen LogP contribution in [0.25, 0.3) is 21.5 Å². The van der Waals surface area contributed by atoms with E-state index in [2.05, 4.69) is 84.3 Å². The number of allylic oxidation sites excluding steroid dienone is 1. The molecule has 10 rings (SSSR count). The van der Waals surface area contributed by atoms with Gasteiger partial charge in [-0.3, -0.25) is 4.79 Å². The van der Waals surface area contributed by atoms with Crippen LogP contribution in [0.2, 0.25) is 0 Å². The Hall–Kier alpha value is -5.52. The van der Waals surface area contributed by atoms with Gasteiger partial charge in [0.15, 0.2) is 0 Å². The largest absolute Gasteiger partial charge is 0.459 e. The van der Waals surface area contributed by atoms with Crippen molar-refractivity contribution in [1.82, 2.24) is 4.90 Å². The van der Waals surface area contributed by atoms with Crippen molar-refractivity contribution in [3.63, 3.8) is 0 Å². The molecule has 10 nitrogen and oxygen atoms in total. The van der Waals surface area contributed by atoms with Crippen LogP contribution in [-0.4, -0.2) is 71.3 Å². The first kappa shape index (κ1) is 45.3. The van der Waals surface area contributed by atoms with E-state index in [-0.39, 0.29) is 49.4 Å². The first-order valence-electron chi connectivity index (χ1n) is 24.8. The van der Waals surface area contributed by atoms with E-state index >= 15 is 4.79 Å². The monoisotopic (exact) mass is 904 g/mol. The summed E-state index contributed by atoms with van der Waals surface area (Å²) in [7, 11) is 0. The summed E-state index contributed by atoms with van der Waals surface area (Å²) in [5.74, 6) is 0.330. The van der Waals surface area contributed by atoms with E-state index < -0.39 is 24.0 Å². The van der Waals surface area contributed by atoms with Crippen molar-refractivity contribution in [2.75, 3.05) is 26.4 Å². The molecule has 5 aliphatic rings. The van der Waals surface area contributed by atoms with Gasteiger partial charge in [0.25, 0.3) is 0 Å². The second-order valence-electron chi connectivity index (χ2n) is 19.2. The molecule has 2 heterocycles. The van der Waals surface area contributed by atoms with Gasteiger partial charge >= 0.3 is 0 Å². The van der Waals surface area contributed by atoms with Crippen molar-refractivity contribution >= 4 is 33.2 Å². The number of carbonyl (C=O) groups excluding carboxylic acids is 1. The van der Waals surface area contributed by atoms with Crippen LogP contribution in [0.3, 0.4) is 0 Å². The third kappa shape index (κ3) is 9.38. The molecular weight excluding hydrogens is 841 g/mol. The molecule has 67 heavy (non-hydrogen) atoms. The molecule has 3 fully saturated rings. The van der Waals surface area contributed by atoms with E-state index in [1.807, 2.05) is 36.4 Å². The Labute approximate surface area is 394 Å². The Bertz CT molecular complexity index is 2610. The minimum absolute atomic E-state index is 0.0810. The Morgan fingerprint density at radius 1 is 0.836 bits per heavy atom. The number of benzene rings is 5. The highest BCUT2D eigenvalue weighted by Gasteiger charge is 2.66. The summed E-state index contributed by atoms with van der Waals surface area (Å²) >= 11 is 0. The predicted octanol–water partition coefficient (Wildman–Crippen LogP) is 11.4. The van der Waals surface area contributed by atoms with Crippen molar-refractivity contribution in [1.29, 1.82) is 0 Å². The number of rotatable bonds is 19. The second-order valence-corrected chi connectivity index (χ2v) is 19.2. The lowest BCUT2D eigenvalue weighted by Crippen LogP contribution is -2.70. The van der Waals surface area contributed by atoms with E-state index in [4.69, 9.17) is 28.9 Å². The molecule has 0 bridgehead atoms. The fourth-order valence-corrected chi connectivity index (χ4v) is 11.5. The molecule has 10 heteroatoms. The number of hydrogen-bond acceptors (Lipinski definition) is 9. The summed E-state index contributed by atoms with van der Waals surface area (Å²) in [6.45, 7) is 5.54. The number of nitrogens with zero attached hydrogens (tertiary/aromatic N) is 2. The summed E-state index contributed by atoms with van der Waals surface area (Å²) < 4.78 is 27.7. The minimum Gasteiger partial charge on any atom is -0.459 e. The van der Waals surface area contributed by atoms with Crippen molar-refractivity contribution < 1.29 is 38.8 Å². The van der Waals surface area contributed by atoms with Gasteiger partial charge in [-0.1, -0.05) is 103 Å². The van der Waals surface area contributed by atoms with Crippen molar-refractivity contribution in [2.24, 2.45) is 28.8 Å². The van der Waals surface area contributed by atoms with Crippen LogP contribution in [-0.2, 0) is 25.7 Å². The van der Waals surface area contributed by atoms with E-state index in [0.717, 1.165) is 107 Å². The maximum atomic E-state index is 15.2. The summed E-state index contributed by atoms with van der Waals surface area (Å²) in [5, 5.41) is 29.7. The lowest BCUT2D eigenvalue weighted by atomic mass is 9.55. The third-order valence-corrected chi connectivity index (χ3v) is 14.8. The normalized spacial score (nSPS) is 26.0. The van der Waals surface area contributed by atoms with Crippen LogP contribution >= 0.6 is 0 Å². The summed E-state index contributed by atoms with van der Waals surface area (Å²) in [6.07, 6.45) is 13.2. The Balaban J connectivity index is 1.16. The first-order chi connectivity index (χ1) is 33.0. The van der Waals surface area contributed by atoms with Crippen LogP contribution < -0.4 is 9.47 Å². The number of amides is 1. The molecule has 5 aromatic carbocycles.